The smallest absolute Gasteiger partial charge is 0.306 e. The molecule has 0 aromatic heterocycles. The third kappa shape index (κ3) is 40.8. The van der Waals surface area contributed by atoms with E-state index in [0.717, 1.165) is 38.5 Å². The van der Waals surface area contributed by atoms with Crippen LogP contribution < -0.4 is 0 Å². The SMILES string of the molecule is CCCCC/C=C\C/C=C\CCCCCCCCCCCCCC(=O)OC(CCCCCCCCCCCCCCCCCC)CCC(=O)O. The highest BCUT2D eigenvalue weighted by molar-refractivity contribution is 5.69. The minimum absolute atomic E-state index is 0.0749. The fraction of sp³-hybridized carbons (Fsp3) is 0.870. The molecule has 0 fully saturated rings. The van der Waals surface area contributed by atoms with Gasteiger partial charge in [0.2, 0.25) is 0 Å². The van der Waals surface area contributed by atoms with Crippen molar-refractivity contribution in [3.8, 4) is 0 Å². The summed E-state index contributed by atoms with van der Waals surface area (Å²) in [7, 11) is 0. The van der Waals surface area contributed by atoms with Crippen molar-refractivity contribution in [3.05, 3.63) is 24.3 Å². The number of allylic oxidation sites excluding steroid dienone is 4. The zero-order chi connectivity index (χ0) is 36.4. The Morgan fingerprint density at radius 1 is 0.440 bits per heavy atom. The molecule has 294 valence electrons. The van der Waals surface area contributed by atoms with Crippen LogP contribution in [-0.2, 0) is 14.3 Å². The molecule has 0 aromatic rings. The first-order valence-electron chi connectivity index (χ1n) is 22.3. The number of carboxylic acid groups (broad SMARTS) is 1. The number of ether oxygens (including phenoxy) is 1. The average Bonchev–Trinajstić information content (AvgIpc) is 3.10. The van der Waals surface area contributed by atoms with Crippen molar-refractivity contribution in [1.29, 1.82) is 0 Å². The Bertz CT molecular complexity index is 757. The van der Waals surface area contributed by atoms with Crippen molar-refractivity contribution in [1.82, 2.24) is 0 Å². The number of carbonyl (C=O) groups is 2. The van der Waals surface area contributed by atoms with Gasteiger partial charge in [-0.15, -0.1) is 0 Å². The van der Waals surface area contributed by atoms with Gasteiger partial charge in [0.15, 0.2) is 0 Å². The summed E-state index contributed by atoms with van der Waals surface area (Å²) in [5.41, 5.74) is 0. The summed E-state index contributed by atoms with van der Waals surface area (Å²) in [4.78, 5) is 23.6. The highest BCUT2D eigenvalue weighted by Gasteiger charge is 2.16. The minimum atomic E-state index is -0.808. The zero-order valence-corrected chi connectivity index (χ0v) is 33.7. The van der Waals surface area contributed by atoms with Gasteiger partial charge in [0, 0.05) is 12.8 Å². The van der Waals surface area contributed by atoms with Crippen LogP contribution in [0.1, 0.15) is 251 Å². The highest BCUT2D eigenvalue weighted by atomic mass is 16.5. The molecule has 0 aliphatic carbocycles. The molecule has 0 aliphatic heterocycles. The number of rotatable bonds is 41. The third-order valence-electron chi connectivity index (χ3n) is 10.2. The molecule has 1 N–H and O–H groups in total. The van der Waals surface area contributed by atoms with Crippen molar-refractivity contribution in [3.63, 3.8) is 0 Å². The molecular formula is C46H86O4. The topological polar surface area (TPSA) is 63.6 Å². The molecule has 0 spiro atoms. The summed E-state index contributed by atoms with van der Waals surface area (Å²) in [6.45, 7) is 4.54. The molecular weight excluding hydrogens is 617 g/mol. The molecule has 0 bridgehead atoms. The maximum Gasteiger partial charge on any atom is 0.306 e. The maximum absolute atomic E-state index is 12.5. The van der Waals surface area contributed by atoms with Crippen LogP contribution in [0.3, 0.4) is 0 Å². The van der Waals surface area contributed by atoms with Gasteiger partial charge in [0.1, 0.15) is 6.10 Å². The molecule has 0 heterocycles. The molecule has 1 unspecified atom stereocenters. The van der Waals surface area contributed by atoms with Gasteiger partial charge in [-0.05, 0) is 57.8 Å². The lowest BCUT2D eigenvalue weighted by Gasteiger charge is -2.17. The average molecular weight is 703 g/mol. The molecule has 0 saturated heterocycles. The van der Waals surface area contributed by atoms with E-state index in [0.29, 0.717) is 12.8 Å². The van der Waals surface area contributed by atoms with Gasteiger partial charge in [0.25, 0.3) is 0 Å². The Balaban J connectivity index is 3.66. The molecule has 50 heavy (non-hydrogen) atoms. The molecule has 1 atom stereocenters. The number of aliphatic carboxylic acids is 1. The summed E-state index contributed by atoms with van der Waals surface area (Å²) in [6.07, 6.45) is 53.5. The van der Waals surface area contributed by atoms with E-state index in [9.17, 15) is 9.59 Å². The van der Waals surface area contributed by atoms with Crippen LogP contribution in [-0.4, -0.2) is 23.1 Å². The fourth-order valence-electron chi connectivity index (χ4n) is 6.85. The maximum atomic E-state index is 12.5. The van der Waals surface area contributed by atoms with Crippen molar-refractivity contribution < 1.29 is 19.4 Å². The minimum Gasteiger partial charge on any atom is -0.481 e. The van der Waals surface area contributed by atoms with Crippen LogP contribution in [0.4, 0.5) is 0 Å². The van der Waals surface area contributed by atoms with Crippen LogP contribution in [0.5, 0.6) is 0 Å². The summed E-state index contributed by atoms with van der Waals surface area (Å²) < 4.78 is 5.76. The first kappa shape index (κ1) is 48.4. The van der Waals surface area contributed by atoms with Crippen molar-refractivity contribution in [2.45, 2.75) is 258 Å². The van der Waals surface area contributed by atoms with Crippen LogP contribution >= 0.6 is 0 Å². The summed E-state index contributed by atoms with van der Waals surface area (Å²) in [5, 5.41) is 9.15. The molecule has 4 nitrogen and oxygen atoms in total. The summed E-state index contributed by atoms with van der Waals surface area (Å²) in [5.74, 6) is -0.945. The highest BCUT2D eigenvalue weighted by Crippen LogP contribution is 2.18. The Labute approximate surface area is 312 Å². The zero-order valence-electron chi connectivity index (χ0n) is 33.7. The second kappa shape index (κ2) is 41.8. The van der Waals surface area contributed by atoms with E-state index in [1.807, 2.05) is 0 Å². The second-order valence-electron chi connectivity index (χ2n) is 15.2. The quantitative estimate of drug-likeness (QED) is 0.0391. The Hall–Kier alpha value is -1.58. The van der Waals surface area contributed by atoms with Crippen molar-refractivity contribution >= 4 is 11.9 Å². The second-order valence-corrected chi connectivity index (χ2v) is 15.2. The van der Waals surface area contributed by atoms with Crippen LogP contribution in [0.2, 0.25) is 0 Å². The number of esters is 1. The van der Waals surface area contributed by atoms with E-state index in [-0.39, 0.29) is 18.5 Å². The first-order chi connectivity index (χ1) is 24.6. The summed E-state index contributed by atoms with van der Waals surface area (Å²) in [6, 6.07) is 0. The monoisotopic (exact) mass is 703 g/mol. The standard InChI is InChI=1S/C46H86O4/c1-3-5-7-9-11-13-15-17-19-21-22-23-24-25-27-29-31-33-35-37-39-41-46(49)50-44(42-43-45(47)48)40-38-36-34-32-30-28-26-20-18-16-14-12-10-8-6-4-2/h11,13,17,19,44H,3-10,12,14-16,18,20-43H2,1-2H3,(H,47,48)/b13-11-,19-17-. The van der Waals surface area contributed by atoms with Gasteiger partial charge in [-0.1, -0.05) is 205 Å². The van der Waals surface area contributed by atoms with Gasteiger partial charge in [-0.2, -0.15) is 0 Å². The lowest BCUT2D eigenvalue weighted by atomic mass is 10.0. The molecule has 0 amide bonds. The molecule has 0 aromatic carbocycles. The normalized spacial score (nSPS) is 12.4. The summed E-state index contributed by atoms with van der Waals surface area (Å²) >= 11 is 0. The Morgan fingerprint density at radius 3 is 1.24 bits per heavy atom. The van der Waals surface area contributed by atoms with E-state index in [4.69, 9.17) is 9.84 Å². The molecule has 4 heteroatoms. The van der Waals surface area contributed by atoms with Gasteiger partial charge in [0.05, 0.1) is 0 Å². The number of unbranched alkanes of at least 4 members (excludes halogenated alkanes) is 29. The van der Waals surface area contributed by atoms with Crippen molar-refractivity contribution in [2.24, 2.45) is 0 Å². The predicted molar refractivity (Wildman–Crippen MR) is 218 cm³/mol. The number of carboxylic acids is 1. The molecule has 0 saturated carbocycles. The van der Waals surface area contributed by atoms with Gasteiger partial charge < -0.3 is 9.84 Å². The molecule has 0 aliphatic rings. The van der Waals surface area contributed by atoms with E-state index < -0.39 is 5.97 Å². The van der Waals surface area contributed by atoms with E-state index in [1.165, 1.54) is 180 Å². The van der Waals surface area contributed by atoms with E-state index in [2.05, 4.69) is 38.2 Å². The number of hydrogen-bond acceptors (Lipinski definition) is 3. The van der Waals surface area contributed by atoms with E-state index in [1.54, 1.807) is 0 Å². The van der Waals surface area contributed by atoms with Crippen molar-refractivity contribution in [2.75, 3.05) is 0 Å². The first-order valence-corrected chi connectivity index (χ1v) is 22.3. The molecule has 0 radical (unpaired) electrons. The number of hydrogen-bond donors (Lipinski definition) is 1. The third-order valence-corrected chi connectivity index (χ3v) is 10.2. The van der Waals surface area contributed by atoms with Gasteiger partial charge >= 0.3 is 11.9 Å². The Morgan fingerprint density at radius 2 is 0.800 bits per heavy atom. The van der Waals surface area contributed by atoms with Crippen LogP contribution in [0.15, 0.2) is 24.3 Å². The largest absolute Gasteiger partial charge is 0.481 e. The predicted octanol–water partition coefficient (Wildman–Crippen LogP) is 15.6. The Kier molecular flexibility index (Phi) is 40.5. The fourth-order valence-corrected chi connectivity index (χ4v) is 6.85. The van der Waals surface area contributed by atoms with Gasteiger partial charge in [-0.25, -0.2) is 0 Å². The lowest BCUT2D eigenvalue weighted by Crippen LogP contribution is -2.19. The van der Waals surface area contributed by atoms with Crippen LogP contribution in [0.25, 0.3) is 0 Å². The van der Waals surface area contributed by atoms with Crippen LogP contribution in [0, 0.1) is 0 Å². The van der Waals surface area contributed by atoms with E-state index >= 15 is 0 Å². The number of carbonyl (C=O) groups excluding carboxylic acids is 1. The van der Waals surface area contributed by atoms with Gasteiger partial charge in [-0.3, -0.25) is 9.59 Å². The molecule has 0 rings (SSSR count). The lowest BCUT2D eigenvalue weighted by molar-refractivity contribution is -0.151.